The van der Waals surface area contributed by atoms with Crippen molar-refractivity contribution in [3.05, 3.63) is 52.5 Å². The number of methoxy groups -OCH3 is 2. The van der Waals surface area contributed by atoms with Crippen molar-refractivity contribution in [1.82, 2.24) is 0 Å². The smallest absolute Gasteiger partial charge is 0.339 e. The molecule has 0 bridgehead atoms. The van der Waals surface area contributed by atoms with E-state index < -0.39 is 18.0 Å². The number of amides is 1. The molecule has 1 N–H and O–H groups in total. The van der Waals surface area contributed by atoms with E-state index in [0.717, 1.165) is 0 Å². The lowest BCUT2D eigenvalue weighted by atomic mass is 10.2. The molecule has 0 saturated heterocycles. The molecule has 0 aliphatic carbocycles. The largest absolute Gasteiger partial charge is 0.493 e. The van der Waals surface area contributed by atoms with Gasteiger partial charge < -0.3 is 19.5 Å². The fourth-order valence-corrected chi connectivity index (χ4v) is 2.52. The number of halogens is 1. The fourth-order valence-electron chi connectivity index (χ4n) is 2.23. The molecule has 0 spiro atoms. The van der Waals surface area contributed by atoms with Crippen LogP contribution in [0.3, 0.4) is 0 Å². The third-order valence-electron chi connectivity index (χ3n) is 3.58. The average molecular weight is 389 g/mol. The minimum Gasteiger partial charge on any atom is -0.493 e. The Kier molecular flexibility index (Phi) is 6.63. The second-order valence-corrected chi connectivity index (χ2v) is 5.83. The second kappa shape index (κ2) is 8.92. The molecular formula is C19H17ClN2O5. The summed E-state index contributed by atoms with van der Waals surface area (Å²) in [5.41, 5.74) is 0.942. The summed E-state index contributed by atoms with van der Waals surface area (Å²) >= 11 is 6.07. The van der Waals surface area contributed by atoms with Crippen LogP contribution in [0.5, 0.6) is 11.5 Å². The van der Waals surface area contributed by atoms with Crippen LogP contribution in [0, 0.1) is 11.3 Å². The van der Waals surface area contributed by atoms with Gasteiger partial charge in [-0.15, -0.1) is 0 Å². The average Bonchev–Trinajstić information content (AvgIpc) is 2.67. The lowest BCUT2D eigenvalue weighted by molar-refractivity contribution is -0.123. The molecular weight excluding hydrogens is 372 g/mol. The van der Waals surface area contributed by atoms with E-state index in [2.05, 4.69) is 5.32 Å². The number of hydrogen-bond acceptors (Lipinski definition) is 6. The number of carbonyl (C=O) groups excluding carboxylic acids is 2. The molecule has 0 fully saturated rings. The first-order chi connectivity index (χ1) is 12.9. The molecule has 27 heavy (non-hydrogen) atoms. The van der Waals surface area contributed by atoms with Gasteiger partial charge >= 0.3 is 5.97 Å². The van der Waals surface area contributed by atoms with Crippen molar-refractivity contribution >= 4 is 29.2 Å². The first-order valence-corrected chi connectivity index (χ1v) is 8.21. The molecule has 2 rings (SSSR count). The van der Waals surface area contributed by atoms with Crippen molar-refractivity contribution in [2.24, 2.45) is 0 Å². The van der Waals surface area contributed by atoms with E-state index in [0.29, 0.717) is 17.0 Å². The summed E-state index contributed by atoms with van der Waals surface area (Å²) in [6, 6.07) is 11.1. The molecule has 7 nitrogen and oxygen atoms in total. The molecule has 0 aliphatic rings. The van der Waals surface area contributed by atoms with E-state index in [1.165, 1.54) is 39.3 Å². The first-order valence-electron chi connectivity index (χ1n) is 7.83. The van der Waals surface area contributed by atoms with Gasteiger partial charge in [0.15, 0.2) is 17.6 Å². The zero-order valence-corrected chi connectivity index (χ0v) is 15.7. The monoisotopic (exact) mass is 388 g/mol. The molecule has 140 valence electrons. The van der Waals surface area contributed by atoms with Gasteiger partial charge in [0, 0.05) is 5.69 Å². The number of anilines is 1. The minimum atomic E-state index is -1.07. The van der Waals surface area contributed by atoms with Crippen LogP contribution in [-0.4, -0.2) is 32.2 Å². The van der Waals surface area contributed by atoms with Gasteiger partial charge in [0.2, 0.25) is 0 Å². The Morgan fingerprint density at radius 1 is 1.19 bits per heavy atom. The summed E-state index contributed by atoms with van der Waals surface area (Å²) in [5, 5.41) is 11.7. The number of carbonyl (C=O) groups is 2. The highest BCUT2D eigenvalue weighted by atomic mass is 35.5. The van der Waals surface area contributed by atoms with Gasteiger partial charge in [-0.25, -0.2) is 4.79 Å². The maximum absolute atomic E-state index is 12.3. The van der Waals surface area contributed by atoms with E-state index >= 15 is 0 Å². The maximum Gasteiger partial charge on any atom is 0.339 e. The second-order valence-electron chi connectivity index (χ2n) is 5.42. The lowest BCUT2D eigenvalue weighted by Crippen LogP contribution is -2.30. The highest BCUT2D eigenvalue weighted by Gasteiger charge is 2.21. The van der Waals surface area contributed by atoms with E-state index in [-0.39, 0.29) is 16.3 Å². The number of nitrogens with zero attached hydrogens (tertiary/aromatic N) is 1. The maximum atomic E-state index is 12.3. The Balaban J connectivity index is 2.09. The van der Waals surface area contributed by atoms with E-state index in [4.69, 9.17) is 31.1 Å². The highest BCUT2D eigenvalue weighted by molar-refractivity contribution is 6.32. The van der Waals surface area contributed by atoms with Crippen LogP contribution in [0.25, 0.3) is 0 Å². The molecule has 1 amide bonds. The predicted molar refractivity (Wildman–Crippen MR) is 99.2 cm³/mol. The molecule has 2 aromatic rings. The number of benzene rings is 2. The van der Waals surface area contributed by atoms with Gasteiger partial charge in [0.05, 0.1) is 36.4 Å². The molecule has 2 aromatic carbocycles. The third kappa shape index (κ3) is 4.90. The zero-order valence-electron chi connectivity index (χ0n) is 14.9. The first kappa shape index (κ1) is 20.1. The van der Waals surface area contributed by atoms with Crippen molar-refractivity contribution in [2.45, 2.75) is 13.0 Å². The Morgan fingerprint density at radius 3 is 2.56 bits per heavy atom. The Hall–Kier alpha value is -3.24. The normalized spacial score (nSPS) is 11.1. The van der Waals surface area contributed by atoms with Crippen molar-refractivity contribution in [3.63, 3.8) is 0 Å². The third-order valence-corrected chi connectivity index (χ3v) is 3.86. The number of ether oxygens (including phenoxy) is 3. The van der Waals surface area contributed by atoms with E-state index in [1.807, 2.05) is 6.07 Å². The summed E-state index contributed by atoms with van der Waals surface area (Å²) in [7, 11) is 2.84. The summed E-state index contributed by atoms with van der Waals surface area (Å²) in [5.74, 6) is -0.724. The van der Waals surface area contributed by atoms with Crippen LogP contribution in [0.1, 0.15) is 22.8 Å². The standard InChI is InChI=1S/C19H17ClN2O5/c1-11(18(23)22-14-6-4-5-12(7-14)10-21)27-19(24)13-8-15(20)17(26-3)16(9-13)25-2/h4-9,11H,1-3H3,(H,22,23)/t11-/m0/s1. The molecule has 0 radical (unpaired) electrons. The topological polar surface area (TPSA) is 97.6 Å². The van der Waals surface area contributed by atoms with E-state index in [9.17, 15) is 9.59 Å². The Bertz CT molecular complexity index is 907. The number of esters is 1. The fraction of sp³-hybridized carbons (Fsp3) is 0.211. The van der Waals surface area contributed by atoms with Crippen LogP contribution >= 0.6 is 11.6 Å². The van der Waals surface area contributed by atoms with Crippen LogP contribution in [0.4, 0.5) is 5.69 Å². The number of rotatable bonds is 6. The van der Waals surface area contributed by atoms with Crippen molar-refractivity contribution in [2.75, 3.05) is 19.5 Å². The van der Waals surface area contributed by atoms with Gasteiger partial charge in [-0.05, 0) is 37.3 Å². The van der Waals surface area contributed by atoms with Crippen molar-refractivity contribution in [1.29, 1.82) is 5.26 Å². The van der Waals surface area contributed by atoms with Crippen molar-refractivity contribution in [3.8, 4) is 17.6 Å². The van der Waals surface area contributed by atoms with Crippen LogP contribution in [0.2, 0.25) is 5.02 Å². The molecule has 0 saturated carbocycles. The SMILES string of the molecule is COc1cc(C(=O)O[C@@H](C)C(=O)Nc2cccc(C#N)c2)cc(Cl)c1OC. The van der Waals surface area contributed by atoms with Crippen LogP contribution in [-0.2, 0) is 9.53 Å². The van der Waals surface area contributed by atoms with Crippen molar-refractivity contribution < 1.29 is 23.8 Å². The number of hydrogen-bond donors (Lipinski definition) is 1. The minimum absolute atomic E-state index is 0.115. The van der Waals surface area contributed by atoms with Gasteiger partial charge in [0.1, 0.15) is 0 Å². The molecule has 8 heteroatoms. The molecule has 0 aromatic heterocycles. The summed E-state index contributed by atoms with van der Waals surface area (Å²) < 4.78 is 15.4. The van der Waals surface area contributed by atoms with E-state index in [1.54, 1.807) is 18.2 Å². The van der Waals surface area contributed by atoms with Gasteiger partial charge in [-0.3, -0.25) is 4.79 Å². The number of nitriles is 1. The molecule has 1 atom stereocenters. The lowest BCUT2D eigenvalue weighted by Gasteiger charge is -2.15. The van der Waals surface area contributed by atoms with Gasteiger partial charge in [-0.2, -0.15) is 5.26 Å². The van der Waals surface area contributed by atoms with Crippen LogP contribution < -0.4 is 14.8 Å². The quantitative estimate of drug-likeness (QED) is 0.761. The van der Waals surface area contributed by atoms with Gasteiger partial charge in [0.25, 0.3) is 5.91 Å². The predicted octanol–water partition coefficient (Wildman–Crippen LogP) is 3.41. The Morgan fingerprint density at radius 2 is 1.93 bits per heavy atom. The zero-order chi connectivity index (χ0) is 20.0. The number of nitrogens with one attached hydrogen (secondary N) is 1. The molecule has 0 unspecified atom stereocenters. The highest BCUT2D eigenvalue weighted by Crippen LogP contribution is 2.36. The Labute approximate surface area is 161 Å². The summed E-state index contributed by atoms with van der Waals surface area (Å²) in [6.45, 7) is 1.43. The van der Waals surface area contributed by atoms with Gasteiger partial charge in [-0.1, -0.05) is 17.7 Å². The van der Waals surface area contributed by atoms with Crippen LogP contribution in [0.15, 0.2) is 36.4 Å². The molecule has 0 heterocycles. The summed E-state index contributed by atoms with van der Waals surface area (Å²) in [4.78, 5) is 24.6. The molecule has 0 aliphatic heterocycles. The summed E-state index contributed by atoms with van der Waals surface area (Å²) in [6.07, 6.45) is -1.07.